The van der Waals surface area contributed by atoms with Gasteiger partial charge in [0, 0.05) is 25.8 Å². The van der Waals surface area contributed by atoms with Gasteiger partial charge in [-0.15, -0.1) is 0 Å². The molecule has 3 aliphatic rings. The molecule has 1 aromatic heterocycles. The Balaban J connectivity index is 1.47. The maximum Gasteiger partial charge on any atom is 0.255 e. The first-order chi connectivity index (χ1) is 11.8. The fourth-order valence-electron chi connectivity index (χ4n) is 4.01. The minimum Gasteiger partial charge on any atom is -0.378 e. The second kappa shape index (κ2) is 7.07. The standard InChI is InChI=1S/C18H25N3O3/c22-18(21-9-12-24-16-4-2-1-3-15(16)21)14-5-6-17(19-13-14)20-7-10-23-11-8-20/h5-6,13,15-16H,1-4,7-12H2. The van der Waals surface area contributed by atoms with Crippen LogP contribution in [0.5, 0.6) is 0 Å². The molecule has 0 bridgehead atoms. The van der Waals surface area contributed by atoms with Crippen LogP contribution in [0, 0.1) is 0 Å². The van der Waals surface area contributed by atoms with Crippen LogP contribution in [0.1, 0.15) is 36.0 Å². The van der Waals surface area contributed by atoms with Crippen LogP contribution in [0.2, 0.25) is 0 Å². The zero-order valence-corrected chi connectivity index (χ0v) is 14.0. The van der Waals surface area contributed by atoms with Crippen LogP contribution < -0.4 is 4.90 Å². The van der Waals surface area contributed by atoms with Crippen molar-refractivity contribution in [3.05, 3.63) is 23.9 Å². The molecule has 0 radical (unpaired) electrons. The van der Waals surface area contributed by atoms with E-state index < -0.39 is 0 Å². The Labute approximate surface area is 142 Å². The molecule has 4 rings (SSSR count). The molecule has 2 atom stereocenters. The molecule has 0 aromatic carbocycles. The summed E-state index contributed by atoms with van der Waals surface area (Å²) in [6, 6.07) is 4.10. The van der Waals surface area contributed by atoms with Gasteiger partial charge in [-0.1, -0.05) is 12.8 Å². The predicted molar refractivity (Wildman–Crippen MR) is 90.3 cm³/mol. The van der Waals surface area contributed by atoms with E-state index in [-0.39, 0.29) is 18.1 Å². The largest absolute Gasteiger partial charge is 0.378 e. The van der Waals surface area contributed by atoms with Crippen LogP contribution in [0.3, 0.4) is 0 Å². The first-order valence-corrected chi connectivity index (χ1v) is 9.04. The molecule has 24 heavy (non-hydrogen) atoms. The van der Waals surface area contributed by atoms with Gasteiger partial charge in [-0.25, -0.2) is 4.98 Å². The third kappa shape index (κ3) is 3.13. The normalized spacial score (nSPS) is 27.7. The SMILES string of the molecule is O=C(c1ccc(N2CCOCC2)nc1)N1CCOC2CCCCC21. The van der Waals surface area contributed by atoms with Gasteiger partial charge in [-0.2, -0.15) is 0 Å². The summed E-state index contributed by atoms with van der Waals surface area (Å²) in [6.07, 6.45) is 6.46. The number of carbonyl (C=O) groups is 1. The van der Waals surface area contributed by atoms with E-state index in [9.17, 15) is 4.79 Å². The molecule has 1 amide bonds. The number of hydrogen-bond acceptors (Lipinski definition) is 5. The van der Waals surface area contributed by atoms with Crippen molar-refractivity contribution >= 4 is 11.7 Å². The van der Waals surface area contributed by atoms with Gasteiger partial charge in [0.1, 0.15) is 5.82 Å². The number of aromatic nitrogens is 1. The Kier molecular flexibility index (Phi) is 4.67. The Morgan fingerprint density at radius 2 is 1.92 bits per heavy atom. The molecule has 130 valence electrons. The van der Waals surface area contributed by atoms with Crippen molar-refractivity contribution in [3.63, 3.8) is 0 Å². The number of nitrogens with zero attached hydrogens (tertiary/aromatic N) is 3. The van der Waals surface area contributed by atoms with Crippen molar-refractivity contribution in [1.29, 1.82) is 0 Å². The van der Waals surface area contributed by atoms with Gasteiger partial charge < -0.3 is 19.3 Å². The summed E-state index contributed by atoms with van der Waals surface area (Å²) in [7, 11) is 0. The molecule has 6 nitrogen and oxygen atoms in total. The molecule has 2 unspecified atom stereocenters. The number of ether oxygens (including phenoxy) is 2. The van der Waals surface area contributed by atoms with E-state index in [2.05, 4.69) is 9.88 Å². The zero-order valence-electron chi connectivity index (χ0n) is 14.0. The predicted octanol–water partition coefficient (Wildman–Crippen LogP) is 1.70. The first kappa shape index (κ1) is 15.8. The van der Waals surface area contributed by atoms with Crippen LogP contribution in [0.4, 0.5) is 5.82 Å². The first-order valence-electron chi connectivity index (χ1n) is 9.04. The summed E-state index contributed by atoms with van der Waals surface area (Å²) in [5.41, 5.74) is 0.679. The van der Waals surface area contributed by atoms with Crippen LogP contribution in [0.25, 0.3) is 0 Å². The highest BCUT2D eigenvalue weighted by Gasteiger charge is 2.37. The highest BCUT2D eigenvalue weighted by molar-refractivity contribution is 5.94. The van der Waals surface area contributed by atoms with Gasteiger partial charge in [-0.05, 0) is 25.0 Å². The molecule has 3 heterocycles. The number of amides is 1. The second-order valence-corrected chi connectivity index (χ2v) is 6.76. The minimum absolute atomic E-state index is 0.0937. The number of fused-ring (bicyclic) bond motifs is 1. The second-order valence-electron chi connectivity index (χ2n) is 6.76. The van der Waals surface area contributed by atoms with Crippen molar-refractivity contribution in [1.82, 2.24) is 9.88 Å². The van der Waals surface area contributed by atoms with E-state index in [1.165, 1.54) is 12.8 Å². The van der Waals surface area contributed by atoms with Gasteiger partial charge in [0.15, 0.2) is 0 Å². The average Bonchev–Trinajstić information content (AvgIpc) is 2.68. The van der Waals surface area contributed by atoms with E-state index in [0.717, 1.165) is 45.0 Å². The Hall–Kier alpha value is -1.66. The van der Waals surface area contributed by atoms with Crippen LogP contribution in [0.15, 0.2) is 18.3 Å². The molecule has 3 fully saturated rings. The van der Waals surface area contributed by atoms with Crippen molar-refractivity contribution in [2.75, 3.05) is 44.4 Å². The molecule has 6 heteroatoms. The fourth-order valence-corrected chi connectivity index (χ4v) is 4.01. The summed E-state index contributed by atoms with van der Waals surface area (Å²) >= 11 is 0. The van der Waals surface area contributed by atoms with Gasteiger partial charge >= 0.3 is 0 Å². The zero-order chi connectivity index (χ0) is 16.4. The Bertz CT molecular complexity index is 569. The van der Waals surface area contributed by atoms with Crippen LogP contribution in [-0.4, -0.2) is 67.4 Å². The highest BCUT2D eigenvalue weighted by atomic mass is 16.5. The van der Waals surface area contributed by atoms with E-state index in [1.807, 2.05) is 17.0 Å². The molecular weight excluding hydrogens is 306 g/mol. The molecule has 1 saturated carbocycles. The molecule has 0 N–H and O–H groups in total. The lowest BCUT2D eigenvalue weighted by molar-refractivity contribution is -0.0752. The van der Waals surface area contributed by atoms with Gasteiger partial charge in [0.05, 0.1) is 37.5 Å². The smallest absolute Gasteiger partial charge is 0.255 e. The number of hydrogen-bond donors (Lipinski definition) is 0. The lowest BCUT2D eigenvalue weighted by Gasteiger charge is -2.43. The highest BCUT2D eigenvalue weighted by Crippen LogP contribution is 2.29. The molecule has 0 spiro atoms. The lowest BCUT2D eigenvalue weighted by atomic mass is 9.90. The number of rotatable bonds is 2. The molecule has 1 aliphatic carbocycles. The molecular formula is C18H25N3O3. The van der Waals surface area contributed by atoms with Crippen molar-refractivity contribution in [3.8, 4) is 0 Å². The monoisotopic (exact) mass is 331 g/mol. The average molecular weight is 331 g/mol. The van der Waals surface area contributed by atoms with Crippen molar-refractivity contribution in [2.24, 2.45) is 0 Å². The summed E-state index contributed by atoms with van der Waals surface area (Å²) in [6.45, 7) is 4.51. The molecule has 1 aromatic rings. The number of anilines is 1. The Morgan fingerprint density at radius 3 is 2.71 bits per heavy atom. The summed E-state index contributed by atoms with van der Waals surface area (Å²) in [5.74, 6) is 1.02. The lowest BCUT2D eigenvalue weighted by Crippen LogP contribution is -2.54. The van der Waals surface area contributed by atoms with E-state index in [0.29, 0.717) is 18.7 Å². The summed E-state index contributed by atoms with van der Waals surface area (Å²) in [4.78, 5) is 21.7. The maximum absolute atomic E-state index is 12.9. The van der Waals surface area contributed by atoms with Gasteiger partial charge in [0.2, 0.25) is 0 Å². The summed E-state index contributed by atoms with van der Waals surface area (Å²) in [5, 5.41) is 0. The number of carbonyl (C=O) groups excluding carboxylic acids is 1. The van der Waals surface area contributed by atoms with Crippen molar-refractivity contribution < 1.29 is 14.3 Å². The summed E-state index contributed by atoms with van der Waals surface area (Å²) < 4.78 is 11.2. The van der Waals surface area contributed by atoms with Gasteiger partial charge in [-0.3, -0.25) is 4.79 Å². The number of morpholine rings is 2. The van der Waals surface area contributed by atoms with Gasteiger partial charge in [0.25, 0.3) is 5.91 Å². The third-order valence-corrected chi connectivity index (χ3v) is 5.32. The topological polar surface area (TPSA) is 54.9 Å². The van der Waals surface area contributed by atoms with Crippen molar-refractivity contribution in [2.45, 2.75) is 37.8 Å². The Morgan fingerprint density at radius 1 is 1.08 bits per heavy atom. The van der Waals surface area contributed by atoms with E-state index >= 15 is 0 Å². The van der Waals surface area contributed by atoms with Crippen LogP contribution in [-0.2, 0) is 9.47 Å². The third-order valence-electron chi connectivity index (χ3n) is 5.32. The number of pyridine rings is 1. The fraction of sp³-hybridized carbons (Fsp3) is 0.667. The molecule has 2 aliphatic heterocycles. The minimum atomic E-state index is 0.0937. The molecule has 2 saturated heterocycles. The quantitative estimate of drug-likeness (QED) is 0.826. The van der Waals surface area contributed by atoms with Crippen LogP contribution >= 0.6 is 0 Å². The van der Waals surface area contributed by atoms with E-state index in [1.54, 1.807) is 6.20 Å². The maximum atomic E-state index is 12.9. The van der Waals surface area contributed by atoms with E-state index in [4.69, 9.17) is 9.47 Å².